The summed E-state index contributed by atoms with van der Waals surface area (Å²) in [5.74, 6) is 0. The van der Waals surface area contributed by atoms with E-state index in [-0.39, 0.29) is 6.71 Å². The van der Waals surface area contributed by atoms with E-state index in [1.54, 1.807) is 0 Å². The van der Waals surface area contributed by atoms with Crippen LogP contribution in [0.5, 0.6) is 0 Å². The van der Waals surface area contributed by atoms with Gasteiger partial charge in [-0.2, -0.15) is 0 Å². The Morgan fingerprint density at radius 3 is 1.72 bits per heavy atom. The minimum Gasteiger partial charge on any atom is -0.311 e. The monoisotopic (exact) mass is 583 g/mol. The first-order valence-corrected chi connectivity index (χ1v) is 16.0. The standard InChI is InChI=1S/C42H26BN3/c1-3-13-27(14-4-1)44-34-22-10-8-20-32(34)43-40-36(44)23-12-24-37(40)45(28-15-5-2-6-16-28)38-26-25-35-39(41(38)43)31-19-11-18-30-29-17-7-9-21-33(29)46(35)42(30)31/h1-26H. The first-order chi connectivity index (χ1) is 22.9. The third-order valence-corrected chi connectivity index (χ3v) is 10.3. The van der Waals surface area contributed by atoms with Gasteiger partial charge in [0.2, 0.25) is 0 Å². The number of para-hydroxylation sites is 5. The molecule has 0 atom stereocenters. The highest BCUT2D eigenvalue weighted by atomic mass is 15.2. The maximum absolute atomic E-state index is 2.51. The van der Waals surface area contributed by atoms with Crippen LogP contribution in [0.4, 0.5) is 34.1 Å². The summed E-state index contributed by atoms with van der Waals surface area (Å²) in [6.45, 7) is 0.0680. The van der Waals surface area contributed by atoms with E-state index in [1.165, 1.54) is 88.6 Å². The molecule has 4 heterocycles. The molecule has 2 aromatic heterocycles. The summed E-state index contributed by atoms with van der Waals surface area (Å²) in [4.78, 5) is 4.95. The summed E-state index contributed by atoms with van der Waals surface area (Å²) in [5, 5.41) is 5.28. The van der Waals surface area contributed by atoms with Gasteiger partial charge in [-0.1, -0.05) is 97.1 Å². The Morgan fingerprint density at radius 1 is 0.370 bits per heavy atom. The molecule has 11 rings (SSSR count). The lowest BCUT2D eigenvalue weighted by Crippen LogP contribution is -2.61. The van der Waals surface area contributed by atoms with Crippen LogP contribution in [0.15, 0.2) is 158 Å². The average molecular weight is 584 g/mol. The van der Waals surface area contributed by atoms with Gasteiger partial charge in [-0.05, 0) is 77.1 Å². The summed E-state index contributed by atoms with van der Waals surface area (Å²) >= 11 is 0. The van der Waals surface area contributed by atoms with Gasteiger partial charge in [0.25, 0.3) is 6.71 Å². The van der Waals surface area contributed by atoms with E-state index >= 15 is 0 Å². The van der Waals surface area contributed by atoms with Crippen molar-refractivity contribution in [2.24, 2.45) is 0 Å². The molecule has 0 N–H and O–H groups in total. The minimum absolute atomic E-state index is 0.0680. The summed E-state index contributed by atoms with van der Waals surface area (Å²) < 4.78 is 2.51. The van der Waals surface area contributed by atoms with E-state index in [1.807, 2.05) is 0 Å². The van der Waals surface area contributed by atoms with Gasteiger partial charge in [0.05, 0.1) is 16.6 Å². The molecule has 0 spiro atoms. The van der Waals surface area contributed by atoms with Crippen LogP contribution < -0.4 is 26.2 Å². The third kappa shape index (κ3) is 2.94. The number of nitrogens with zero attached hydrogens (tertiary/aromatic N) is 3. The van der Waals surface area contributed by atoms with Gasteiger partial charge in [-0.3, -0.25) is 0 Å². The van der Waals surface area contributed by atoms with Crippen LogP contribution in [-0.4, -0.2) is 11.1 Å². The fraction of sp³-hybridized carbons (Fsp3) is 0. The fourth-order valence-corrected chi connectivity index (χ4v) is 8.61. The molecule has 0 aliphatic carbocycles. The second-order valence-corrected chi connectivity index (χ2v) is 12.5. The van der Waals surface area contributed by atoms with E-state index in [2.05, 4.69) is 172 Å². The van der Waals surface area contributed by atoms with E-state index in [0.717, 1.165) is 0 Å². The van der Waals surface area contributed by atoms with Crippen LogP contribution in [0.25, 0.3) is 38.1 Å². The molecule has 9 aromatic rings. The molecule has 3 nitrogen and oxygen atoms in total. The zero-order valence-electron chi connectivity index (χ0n) is 24.9. The Hall–Kier alpha value is -6.00. The number of rotatable bonds is 2. The SMILES string of the molecule is c1ccc(N2c3ccccc3B3c4c2cccc4N(c2ccccc2)c2ccc4c(c23)c2cccc3c5ccccc5n4c32)cc1. The highest BCUT2D eigenvalue weighted by Gasteiger charge is 2.44. The van der Waals surface area contributed by atoms with Crippen LogP contribution in [0.2, 0.25) is 0 Å². The molecule has 46 heavy (non-hydrogen) atoms. The molecule has 212 valence electrons. The van der Waals surface area contributed by atoms with Crippen molar-refractivity contribution in [2.45, 2.75) is 0 Å². The van der Waals surface area contributed by atoms with Crippen molar-refractivity contribution in [1.82, 2.24) is 4.40 Å². The molecule has 2 aliphatic heterocycles. The fourth-order valence-electron chi connectivity index (χ4n) is 8.61. The lowest BCUT2D eigenvalue weighted by Gasteiger charge is -2.44. The Balaban J connectivity index is 1.34. The van der Waals surface area contributed by atoms with E-state index in [9.17, 15) is 0 Å². The van der Waals surface area contributed by atoms with E-state index in [4.69, 9.17) is 0 Å². The molecule has 0 saturated heterocycles. The van der Waals surface area contributed by atoms with E-state index < -0.39 is 0 Å². The van der Waals surface area contributed by atoms with Crippen molar-refractivity contribution in [1.29, 1.82) is 0 Å². The van der Waals surface area contributed by atoms with Gasteiger partial charge in [0.1, 0.15) is 0 Å². The average Bonchev–Trinajstić information content (AvgIpc) is 3.65. The molecule has 0 unspecified atom stereocenters. The van der Waals surface area contributed by atoms with Crippen LogP contribution in [0, 0.1) is 0 Å². The van der Waals surface area contributed by atoms with Gasteiger partial charge in [0, 0.05) is 55.7 Å². The van der Waals surface area contributed by atoms with Gasteiger partial charge in [0.15, 0.2) is 0 Å². The molecular formula is C42H26BN3. The number of anilines is 6. The van der Waals surface area contributed by atoms with Crippen LogP contribution in [-0.2, 0) is 0 Å². The first kappa shape index (κ1) is 24.3. The maximum atomic E-state index is 2.51. The van der Waals surface area contributed by atoms with Gasteiger partial charge in [-0.15, -0.1) is 0 Å². The van der Waals surface area contributed by atoms with Crippen LogP contribution in [0.1, 0.15) is 0 Å². The Kier molecular flexibility index (Phi) is 4.66. The molecule has 0 bridgehead atoms. The predicted octanol–water partition coefficient (Wildman–Crippen LogP) is 8.92. The third-order valence-electron chi connectivity index (χ3n) is 10.3. The van der Waals surface area contributed by atoms with Crippen molar-refractivity contribution in [3.05, 3.63) is 158 Å². The van der Waals surface area contributed by atoms with Gasteiger partial charge in [-0.25, -0.2) is 0 Å². The number of aromatic nitrogens is 1. The predicted molar refractivity (Wildman–Crippen MR) is 195 cm³/mol. The molecule has 0 saturated carbocycles. The minimum atomic E-state index is 0.0680. The summed E-state index contributed by atoms with van der Waals surface area (Å²) in [6, 6.07) is 58.0. The number of hydrogen-bond donors (Lipinski definition) is 0. The Morgan fingerprint density at radius 2 is 0.935 bits per heavy atom. The second-order valence-electron chi connectivity index (χ2n) is 12.5. The Labute approximate surface area is 266 Å². The summed E-state index contributed by atoms with van der Waals surface area (Å²) in [6.07, 6.45) is 0. The van der Waals surface area contributed by atoms with E-state index in [0.29, 0.717) is 0 Å². The summed E-state index contributed by atoms with van der Waals surface area (Å²) in [5.41, 5.74) is 15.2. The first-order valence-electron chi connectivity index (χ1n) is 16.0. The maximum Gasteiger partial charge on any atom is 0.253 e. The molecule has 0 amide bonds. The highest BCUT2D eigenvalue weighted by molar-refractivity contribution is 7.01. The van der Waals surface area contributed by atoms with Crippen LogP contribution >= 0.6 is 0 Å². The van der Waals surface area contributed by atoms with Crippen molar-refractivity contribution >= 4 is 95.3 Å². The van der Waals surface area contributed by atoms with Crippen molar-refractivity contribution in [3.8, 4) is 0 Å². The van der Waals surface area contributed by atoms with Crippen molar-refractivity contribution in [3.63, 3.8) is 0 Å². The van der Waals surface area contributed by atoms with Crippen molar-refractivity contribution in [2.75, 3.05) is 9.80 Å². The number of fused-ring (bicyclic) bond motifs is 11. The summed E-state index contributed by atoms with van der Waals surface area (Å²) in [7, 11) is 0. The molecule has 2 aliphatic rings. The lowest BCUT2D eigenvalue weighted by atomic mass is 9.33. The van der Waals surface area contributed by atoms with Gasteiger partial charge < -0.3 is 14.2 Å². The number of hydrogen-bond acceptors (Lipinski definition) is 2. The second kappa shape index (κ2) is 8.80. The largest absolute Gasteiger partial charge is 0.311 e. The smallest absolute Gasteiger partial charge is 0.253 e. The molecule has 4 heteroatoms. The van der Waals surface area contributed by atoms with Gasteiger partial charge >= 0.3 is 0 Å². The molecular weight excluding hydrogens is 557 g/mol. The quantitative estimate of drug-likeness (QED) is 0.188. The topological polar surface area (TPSA) is 10.9 Å². The number of benzene rings is 7. The molecule has 0 radical (unpaired) electrons. The molecule has 7 aromatic carbocycles. The normalized spacial score (nSPS) is 13.5. The highest BCUT2D eigenvalue weighted by Crippen LogP contribution is 2.46. The lowest BCUT2D eigenvalue weighted by molar-refractivity contribution is 1.25. The van der Waals surface area contributed by atoms with Crippen molar-refractivity contribution < 1.29 is 0 Å². The zero-order valence-corrected chi connectivity index (χ0v) is 24.9. The Bertz CT molecular complexity index is 2650. The molecule has 0 fully saturated rings. The van der Waals surface area contributed by atoms with Crippen LogP contribution in [0.3, 0.4) is 0 Å². The zero-order chi connectivity index (χ0) is 29.9.